The van der Waals surface area contributed by atoms with E-state index in [2.05, 4.69) is 20.7 Å². The van der Waals surface area contributed by atoms with E-state index in [0.29, 0.717) is 0 Å². The number of nitrogens with zero attached hydrogens (tertiary/aromatic N) is 2. The molecule has 1 aromatic heterocycles. The number of ether oxygens (including phenoxy) is 1. The van der Waals surface area contributed by atoms with Crippen molar-refractivity contribution in [1.29, 1.82) is 0 Å². The van der Waals surface area contributed by atoms with E-state index in [1.54, 1.807) is 6.20 Å². The second kappa shape index (κ2) is 5.42. The lowest BCUT2D eigenvalue weighted by molar-refractivity contribution is -0.126. The Morgan fingerprint density at radius 2 is 2.35 bits per heavy atom. The SMILES string of the molecule is CC1CCC(C(=O)Nc2cccc(-c3cn[nH]n3)c2)O1. The van der Waals surface area contributed by atoms with Gasteiger partial charge in [0.05, 0.1) is 12.3 Å². The van der Waals surface area contributed by atoms with Crippen LogP contribution in [0.2, 0.25) is 0 Å². The van der Waals surface area contributed by atoms with Crippen LogP contribution in [0.4, 0.5) is 5.69 Å². The molecule has 20 heavy (non-hydrogen) atoms. The molecule has 2 aromatic rings. The van der Waals surface area contributed by atoms with E-state index >= 15 is 0 Å². The molecule has 0 aliphatic carbocycles. The number of benzene rings is 1. The summed E-state index contributed by atoms with van der Waals surface area (Å²) < 4.78 is 5.56. The lowest BCUT2D eigenvalue weighted by Crippen LogP contribution is -2.27. The molecule has 0 saturated carbocycles. The van der Waals surface area contributed by atoms with Gasteiger partial charge in [0, 0.05) is 11.3 Å². The van der Waals surface area contributed by atoms with Crippen molar-refractivity contribution < 1.29 is 9.53 Å². The number of H-pyrrole nitrogens is 1. The molecule has 104 valence electrons. The number of nitrogens with one attached hydrogen (secondary N) is 2. The van der Waals surface area contributed by atoms with Crippen LogP contribution >= 0.6 is 0 Å². The van der Waals surface area contributed by atoms with Gasteiger partial charge < -0.3 is 10.1 Å². The summed E-state index contributed by atoms with van der Waals surface area (Å²) in [5, 5.41) is 13.3. The number of hydrogen-bond donors (Lipinski definition) is 2. The van der Waals surface area contributed by atoms with Crippen molar-refractivity contribution >= 4 is 11.6 Å². The summed E-state index contributed by atoms with van der Waals surface area (Å²) in [4.78, 5) is 12.1. The minimum Gasteiger partial charge on any atom is -0.365 e. The van der Waals surface area contributed by atoms with Gasteiger partial charge in [-0.15, -0.1) is 0 Å². The first kappa shape index (κ1) is 12.8. The number of aromatic nitrogens is 3. The van der Waals surface area contributed by atoms with Gasteiger partial charge in [-0.05, 0) is 31.9 Å². The number of aromatic amines is 1. The van der Waals surface area contributed by atoms with Gasteiger partial charge in [0.15, 0.2) is 0 Å². The van der Waals surface area contributed by atoms with Crippen LogP contribution in [0.15, 0.2) is 30.5 Å². The number of carbonyl (C=O) groups excluding carboxylic acids is 1. The standard InChI is InChI=1S/C14H16N4O2/c1-9-5-6-13(20-9)14(19)16-11-4-2-3-10(7-11)12-8-15-18-17-12/h2-4,7-9,13H,5-6H2,1H3,(H,16,19)(H,15,17,18). The van der Waals surface area contributed by atoms with Crippen molar-refractivity contribution in [2.24, 2.45) is 0 Å². The molecule has 0 bridgehead atoms. The highest BCUT2D eigenvalue weighted by Gasteiger charge is 2.28. The molecule has 3 rings (SSSR count). The van der Waals surface area contributed by atoms with E-state index in [4.69, 9.17) is 4.74 Å². The van der Waals surface area contributed by atoms with Crippen LogP contribution in [-0.2, 0) is 9.53 Å². The monoisotopic (exact) mass is 272 g/mol. The minimum absolute atomic E-state index is 0.0911. The van der Waals surface area contributed by atoms with Crippen LogP contribution in [0.1, 0.15) is 19.8 Å². The van der Waals surface area contributed by atoms with Gasteiger partial charge in [-0.1, -0.05) is 12.1 Å². The highest BCUT2D eigenvalue weighted by molar-refractivity contribution is 5.94. The first-order chi connectivity index (χ1) is 9.72. The number of carbonyl (C=O) groups is 1. The molecule has 2 atom stereocenters. The topological polar surface area (TPSA) is 79.9 Å². The fraction of sp³-hybridized carbons (Fsp3) is 0.357. The quantitative estimate of drug-likeness (QED) is 0.895. The molecule has 2 heterocycles. The van der Waals surface area contributed by atoms with Gasteiger partial charge in [-0.2, -0.15) is 15.4 Å². The Bertz CT molecular complexity index is 597. The average molecular weight is 272 g/mol. The summed E-state index contributed by atoms with van der Waals surface area (Å²) in [7, 11) is 0. The number of hydrogen-bond acceptors (Lipinski definition) is 4. The maximum Gasteiger partial charge on any atom is 0.253 e. The van der Waals surface area contributed by atoms with E-state index in [0.717, 1.165) is 29.8 Å². The molecule has 0 radical (unpaired) electrons. The predicted octanol–water partition coefficient (Wildman–Crippen LogP) is 1.98. The summed E-state index contributed by atoms with van der Waals surface area (Å²) in [5.41, 5.74) is 2.38. The lowest BCUT2D eigenvalue weighted by Gasteiger charge is -2.12. The van der Waals surface area contributed by atoms with E-state index in [1.165, 1.54) is 0 Å². The molecule has 0 spiro atoms. The van der Waals surface area contributed by atoms with Crippen LogP contribution < -0.4 is 5.32 Å². The van der Waals surface area contributed by atoms with Crippen molar-refractivity contribution in [3.8, 4) is 11.3 Å². The fourth-order valence-corrected chi connectivity index (χ4v) is 2.32. The molecule has 1 aromatic carbocycles. The van der Waals surface area contributed by atoms with E-state index in [9.17, 15) is 4.79 Å². The molecule has 2 unspecified atom stereocenters. The third-order valence-electron chi connectivity index (χ3n) is 3.37. The average Bonchev–Trinajstić information content (AvgIpc) is 3.10. The minimum atomic E-state index is -0.347. The first-order valence-electron chi connectivity index (χ1n) is 6.65. The largest absolute Gasteiger partial charge is 0.365 e. The molecular weight excluding hydrogens is 256 g/mol. The van der Waals surface area contributed by atoms with Gasteiger partial charge in [-0.25, -0.2) is 0 Å². The molecule has 1 saturated heterocycles. The fourth-order valence-electron chi connectivity index (χ4n) is 2.32. The van der Waals surface area contributed by atoms with Crippen LogP contribution in [0.5, 0.6) is 0 Å². The van der Waals surface area contributed by atoms with Crippen molar-refractivity contribution in [3.05, 3.63) is 30.5 Å². The molecule has 1 aliphatic rings. The second-order valence-electron chi connectivity index (χ2n) is 4.94. The van der Waals surface area contributed by atoms with E-state index in [-0.39, 0.29) is 18.1 Å². The molecule has 2 N–H and O–H groups in total. The van der Waals surface area contributed by atoms with E-state index in [1.807, 2.05) is 31.2 Å². The van der Waals surface area contributed by atoms with Crippen LogP contribution in [-0.4, -0.2) is 33.5 Å². The number of amides is 1. The Kier molecular flexibility index (Phi) is 3.47. The van der Waals surface area contributed by atoms with Crippen LogP contribution in [0.25, 0.3) is 11.3 Å². The van der Waals surface area contributed by atoms with Crippen molar-refractivity contribution in [2.45, 2.75) is 32.0 Å². The highest BCUT2D eigenvalue weighted by atomic mass is 16.5. The molecular formula is C14H16N4O2. The Balaban J connectivity index is 1.71. The van der Waals surface area contributed by atoms with Gasteiger partial charge in [-0.3, -0.25) is 4.79 Å². The van der Waals surface area contributed by atoms with Gasteiger partial charge in [0.2, 0.25) is 0 Å². The van der Waals surface area contributed by atoms with Crippen LogP contribution in [0.3, 0.4) is 0 Å². The number of anilines is 1. The molecule has 1 fully saturated rings. The molecule has 1 amide bonds. The molecule has 6 nitrogen and oxygen atoms in total. The zero-order valence-electron chi connectivity index (χ0n) is 11.2. The van der Waals surface area contributed by atoms with E-state index < -0.39 is 0 Å². The van der Waals surface area contributed by atoms with Crippen LogP contribution in [0, 0.1) is 0 Å². The molecule has 1 aliphatic heterocycles. The summed E-state index contributed by atoms with van der Waals surface area (Å²) in [5.74, 6) is -0.0911. The van der Waals surface area contributed by atoms with Crippen molar-refractivity contribution in [2.75, 3.05) is 5.32 Å². The second-order valence-corrected chi connectivity index (χ2v) is 4.94. The maximum atomic E-state index is 12.1. The molecule has 6 heteroatoms. The zero-order valence-corrected chi connectivity index (χ0v) is 11.2. The normalized spacial score (nSPS) is 21.9. The zero-order chi connectivity index (χ0) is 13.9. The number of rotatable bonds is 3. The Hall–Kier alpha value is -2.21. The van der Waals surface area contributed by atoms with Crippen molar-refractivity contribution in [1.82, 2.24) is 15.4 Å². The van der Waals surface area contributed by atoms with Crippen molar-refractivity contribution in [3.63, 3.8) is 0 Å². The summed E-state index contributed by atoms with van der Waals surface area (Å²) >= 11 is 0. The van der Waals surface area contributed by atoms with Gasteiger partial charge in [0.1, 0.15) is 11.8 Å². The van der Waals surface area contributed by atoms with Gasteiger partial charge >= 0.3 is 0 Å². The first-order valence-corrected chi connectivity index (χ1v) is 6.65. The summed E-state index contributed by atoms with van der Waals surface area (Å²) in [6.45, 7) is 1.98. The third-order valence-corrected chi connectivity index (χ3v) is 3.37. The summed E-state index contributed by atoms with van der Waals surface area (Å²) in [6.07, 6.45) is 3.16. The lowest BCUT2D eigenvalue weighted by atomic mass is 10.1. The maximum absolute atomic E-state index is 12.1. The smallest absolute Gasteiger partial charge is 0.253 e. The predicted molar refractivity (Wildman–Crippen MR) is 74.0 cm³/mol. The Morgan fingerprint density at radius 1 is 1.45 bits per heavy atom. The Labute approximate surface area is 116 Å². The summed E-state index contributed by atoms with van der Waals surface area (Å²) in [6, 6.07) is 7.51. The van der Waals surface area contributed by atoms with Gasteiger partial charge in [0.25, 0.3) is 5.91 Å². The third kappa shape index (κ3) is 2.70. The Morgan fingerprint density at radius 3 is 3.05 bits per heavy atom. The highest BCUT2D eigenvalue weighted by Crippen LogP contribution is 2.23.